The normalized spacial score (nSPS) is 19.8. The van der Waals surface area contributed by atoms with E-state index in [4.69, 9.17) is 0 Å². The maximum Gasteiger partial charge on any atom is 0.226 e. The molecule has 2 aromatic carbocycles. The molecule has 4 nitrogen and oxygen atoms in total. The minimum atomic E-state index is -0.0830. The van der Waals surface area contributed by atoms with E-state index in [1.54, 1.807) is 0 Å². The van der Waals surface area contributed by atoms with Gasteiger partial charge in [0, 0.05) is 37.7 Å². The summed E-state index contributed by atoms with van der Waals surface area (Å²) in [6.45, 7) is 5.44. The number of piperidine rings is 1. The molecule has 1 aliphatic rings. The van der Waals surface area contributed by atoms with Gasteiger partial charge in [-0.15, -0.1) is 0 Å². The summed E-state index contributed by atoms with van der Waals surface area (Å²) < 4.78 is 0. The van der Waals surface area contributed by atoms with Gasteiger partial charge in [0.25, 0.3) is 0 Å². The van der Waals surface area contributed by atoms with Crippen LogP contribution in [0.2, 0.25) is 0 Å². The van der Waals surface area contributed by atoms with Crippen LogP contribution in [0.5, 0.6) is 0 Å². The van der Waals surface area contributed by atoms with Crippen molar-refractivity contribution in [3.05, 3.63) is 66.2 Å². The monoisotopic (exact) mass is 364 g/mol. The van der Waals surface area contributed by atoms with Crippen molar-refractivity contribution >= 4 is 17.5 Å². The van der Waals surface area contributed by atoms with Gasteiger partial charge < -0.3 is 9.80 Å². The molecular weight excluding hydrogens is 336 g/mol. The Morgan fingerprint density at radius 1 is 1.07 bits per heavy atom. The van der Waals surface area contributed by atoms with Gasteiger partial charge in [0.05, 0.1) is 0 Å². The van der Waals surface area contributed by atoms with Gasteiger partial charge in [0.2, 0.25) is 11.8 Å². The summed E-state index contributed by atoms with van der Waals surface area (Å²) in [4.78, 5) is 29.3. The van der Waals surface area contributed by atoms with Crippen molar-refractivity contribution in [1.82, 2.24) is 4.90 Å². The molecule has 1 heterocycles. The fraction of sp³-hybridized carbons (Fsp3) is 0.391. The maximum atomic E-state index is 12.8. The zero-order chi connectivity index (χ0) is 19.2. The molecule has 0 aliphatic carbocycles. The number of amides is 2. The third-order valence-corrected chi connectivity index (χ3v) is 5.35. The predicted octanol–water partition coefficient (Wildman–Crippen LogP) is 3.91. The van der Waals surface area contributed by atoms with Crippen LogP contribution in [0.1, 0.15) is 32.3 Å². The molecule has 1 aliphatic heterocycles. The van der Waals surface area contributed by atoms with Crippen molar-refractivity contribution in [3.63, 3.8) is 0 Å². The molecule has 0 aromatic heterocycles. The lowest BCUT2D eigenvalue weighted by atomic mass is 9.90. The Balaban J connectivity index is 1.71. The van der Waals surface area contributed by atoms with E-state index < -0.39 is 0 Å². The third kappa shape index (κ3) is 4.57. The lowest BCUT2D eigenvalue weighted by molar-refractivity contribution is -0.135. The highest BCUT2D eigenvalue weighted by molar-refractivity contribution is 5.95. The number of anilines is 1. The molecule has 1 fully saturated rings. The van der Waals surface area contributed by atoms with Crippen molar-refractivity contribution < 1.29 is 9.59 Å². The molecule has 142 valence electrons. The summed E-state index contributed by atoms with van der Waals surface area (Å²) in [5.41, 5.74) is 2.12. The average Bonchev–Trinajstić information content (AvgIpc) is 2.71. The van der Waals surface area contributed by atoms with Crippen molar-refractivity contribution in [1.29, 1.82) is 0 Å². The Bertz CT molecular complexity index is 760. The smallest absolute Gasteiger partial charge is 0.226 e. The van der Waals surface area contributed by atoms with E-state index in [1.165, 1.54) is 5.56 Å². The topological polar surface area (TPSA) is 40.6 Å². The standard InChI is InChI=1S/C23H28N2O2/c1-3-22(26)25(20-12-8-5-9-13-20)21-16-23(27)24(17-18(21)2)15-14-19-10-6-4-7-11-19/h4-13,18,21H,3,14-17H2,1-2H3. The molecule has 27 heavy (non-hydrogen) atoms. The van der Waals surface area contributed by atoms with Crippen LogP contribution in [0.15, 0.2) is 60.7 Å². The third-order valence-electron chi connectivity index (χ3n) is 5.35. The summed E-state index contributed by atoms with van der Waals surface area (Å²) in [5.74, 6) is 0.441. The number of carbonyl (C=O) groups is 2. The van der Waals surface area contributed by atoms with Gasteiger partial charge in [-0.1, -0.05) is 62.4 Å². The summed E-state index contributed by atoms with van der Waals surface area (Å²) in [6.07, 6.45) is 1.68. The van der Waals surface area contributed by atoms with Crippen LogP contribution < -0.4 is 4.90 Å². The Hall–Kier alpha value is -2.62. The van der Waals surface area contributed by atoms with Gasteiger partial charge in [-0.2, -0.15) is 0 Å². The van der Waals surface area contributed by atoms with Crippen molar-refractivity contribution in [2.24, 2.45) is 5.92 Å². The number of carbonyl (C=O) groups excluding carboxylic acids is 2. The number of benzene rings is 2. The first-order chi connectivity index (χ1) is 13.1. The highest BCUT2D eigenvalue weighted by atomic mass is 16.2. The molecule has 0 bridgehead atoms. The van der Waals surface area contributed by atoms with Crippen molar-refractivity contribution in [2.45, 2.75) is 39.2 Å². The van der Waals surface area contributed by atoms with E-state index in [-0.39, 0.29) is 23.8 Å². The summed E-state index contributed by atoms with van der Waals surface area (Å²) >= 11 is 0. The first kappa shape index (κ1) is 19.2. The predicted molar refractivity (Wildman–Crippen MR) is 109 cm³/mol. The molecule has 2 unspecified atom stereocenters. The maximum absolute atomic E-state index is 12.8. The van der Waals surface area contributed by atoms with Crippen LogP contribution in [-0.4, -0.2) is 35.8 Å². The lowest BCUT2D eigenvalue weighted by Crippen LogP contribution is -2.54. The molecule has 0 radical (unpaired) electrons. The fourth-order valence-electron chi connectivity index (χ4n) is 3.83. The second kappa shape index (κ2) is 8.85. The number of hydrogen-bond acceptors (Lipinski definition) is 2. The molecule has 1 saturated heterocycles. The number of nitrogens with zero attached hydrogens (tertiary/aromatic N) is 2. The quantitative estimate of drug-likeness (QED) is 0.780. The molecule has 3 rings (SSSR count). The van der Waals surface area contributed by atoms with Crippen molar-refractivity contribution in [2.75, 3.05) is 18.0 Å². The molecular formula is C23H28N2O2. The Kier molecular flexibility index (Phi) is 6.28. The van der Waals surface area contributed by atoms with Gasteiger partial charge in [-0.05, 0) is 30.0 Å². The van der Waals surface area contributed by atoms with Gasteiger partial charge in [0.15, 0.2) is 0 Å². The number of para-hydroxylation sites is 1. The van der Waals surface area contributed by atoms with Crippen LogP contribution in [0.25, 0.3) is 0 Å². The van der Waals surface area contributed by atoms with Crippen LogP contribution >= 0.6 is 0 Å². The number of rotatable bonds is 6. The first-order valence-electron chi connectivity index (χ1n) is 9.79. The zero-order valence-electron chi connectivity index (χ0n) is 16.2. The minimum Gasteiger partial charge on any atom is -0.342 e. The zero-order valence-corrected chi connectivity index (χ0v) is 16.2. The van der Waals surface area contributed by atoms with Crippen LogP contribution in [0, 0.1) is 5.92 Å². The summed E-state index contributed by atoms with van der Waals surface area (Å²) in [7, 11) is 0. The first-order valence-corrected chi connectivity index (χ1v) is 9.79. The Morgan fingerprint density at radius 3 is 2.33 bits per heavy atom. The molecule has 2 aromatic rings. The van der Waals surface area contributed by atoms with E-state index in [0.29, 0.717) is 19.4 Å². The van der Waals surface area contributed by atoms with Gasteiger partial charge in [-0.25, -0.2) is 0 Å². The van der Waals surface area contributed by atoms with E-state index >= 15 is 0 Å². The SMILES string of the molecule is CCC(=O)N(c1ccccc1)C1CC(=O)N(CCc2ccccc2)CC1C. The minimum absolute atomic E-state index is 0.0728. The molecule has 0 N–H and O–H groups in total. The largest absolute Gasteiger partial charge is 0.342 e. The van der Waals surface area contributed by atoms with E-state index in [1.807, 2.05) is 65.3 Å². The van der Waals surface area contributed by atoms with Gasteiger partial charge in [-0.3, -0.25) is 9.59 Å². The molecule has 0 spiro atoms. The van der Waals surface area contributed by atoms with E-state index in [0.717, 1.165) is 18.7 Å². The molecule has 0 saturated carbocycles. The van der Waals surface area contributed by atoms with Gasteiger partial charge in [0.1, 0.15) is 0 Å². The molecule has 2 atom stereocenters. The average molecular weight is 364 g/mol. The summed E-state index contributed by atoms with van der Waals surface area (Å²) in [6, 6.07) is 19.9. The Morgan fingerprint density at radius 2 is 1.70 bits per heavy atom. The lowest BCUT2D eigenvalue weighted by Gasteiger charge is -2.42. The molecule has 4 heteroatoms. The fourth-order valence-corrected chi connectivity index (χ4v) is 3.83. The van der Waals surface area contributed by atoms with Crippen LogP contribution in [-0.2, 0) is 16.0 Å². The number of likely N-dealkylation sites (tertiary alicyclic amines) is 1. The van der Waals surface area contributed by atoms with Crippen LogP contribution in [0.3, 0.4) is 0 Å². The second-order valence-corrected chi connectivity index (χ2v) is 7.28. The highest BCUT2D eigenvalue weighted by Crippen LogP contribution is 2.28. The summed E-state index contributed by atoms with van der Waals surface area (Å²) in [5, 5.41) is 0. The van der Waals surface area contributed by atoms with E-state index in [9.17, 15) is 9.59 Å². The van der Waals surface area contributed by atoms with Crippen LogP contribution in [0.4, 0.5) is 5.69 Å². The number of hydrogen-bond donors (Lipinski definition) is 0. The van der Waals surface area contributed by atoms with E-state index in [2.05, 4.69) is 19.1 Å². The highest BCUT2D eigenvalue weighted by Gasteiger charge is 2.37. The Labute approximate surface area is 161 Å². The second-order valence-electron chi connectivity index (χ2n) is 7.28. The van der Waals surface area contributed by atoms with Crippen molar-refractivity contribution in [3.8, 4) is 0 Å². The molecule has 2 amide bonds. The van der Waals surface area contributed by atoms with Gasteiger partial charge >= 0.3 is 0 Å².